The second kappa shape index (κ2) is 5.36. The van der Waals surface area contributed by atoms with Crippen LogP contribution in [0.5, 0.6) is 0 Å². The molecule has 0 aromatic carbocycles. The Hall–Kier alpha value is -0.0900. The summed E-state index contributed by atoms with van der Waals surface area (Å²) >= 11 is 4.16. The van der Waals surface area contributed by atoms with Crippen LogP contribution in [-0.4, -0.2) is 28.2 Å². The number of thioether (sulfide) groups is 2. The van der Waals surface area contributed by atoms with Gasteiger partial charge in [-0.2, -0.15) is 0 Å². The minimum Gasteiger partial charge on any atom is -0.465 e. The molecule has 106 valence electrons. The van der Waals surface area contributed by atoms with Gasteiger partial charge in [0, 0.05) is 11.5 Å². The first kappa shape index (κ1) is 13.9. The molecule has 1 unspecified atom stereocenters. The van der Waals surface area contributed by atoms with Gasteiger partial charge in [-0.15, -0.1) is 23.5 Å². The SMILES string of the molecule is CCOC(=O)C12CCCCC1=CC1(CC2)SCCS1. The molecule has 1 saturated heterocycles. The molecule has 1 saturated carbocycles. The van der Waals surface area contributed by atoms with Gasteiger partial charge in [0.25, 0.3) is 0 Å². The van der Waals surface area contributed by atoms with Crippen molar-refractivity contribution < 1.29 is 9.53 Å². The average molecular weight is 298 g/mol. The normalized spacial score (nSPS) is 32.8. The molecule has 1 heterocycles. The van der Waals surface area contributed by atoms with Crippen LogP contribution in [-0.2, 0) is 9.53 Å². The van der Waals surface area contributed by atoms with E-state index >= 15 is 0 Å². The van der Waals surface area contributed by atoms with Crippen LogP contribution in [0.25, 0.3) is 0 Å². The van der Waals surface area contributed by atoms with Gasteiger partial charge >= 0.3 is 5.97 Å². The molecule has 3 rings (SSSR count). The third-order valence-electron chi connectivity index (χ3n) is 4.65. The molecule has 0 radical (unpaired) electrons. The summed E-state index contributed by atoms with van der Waals surface area (Å²) in [4.78, 5) is 12.5. The van der Waals surface area contributed by atoms with Gasteiger partial charge in [0.1, 0.15) is 0 Å². The van der Waals surface area contributed by atoms with Gasteiger partial charge < -0.3 is 4.74 Å². The first-order valence-electron chi connectivity index (χ1n) is 7.38. The molecule has 4 heteroatoms. The second-order valence-corrected chi connectivity index (χ2v) is 8.80. The molecule has 1 atom stereocenters. The molecule has 1 spiro atoms. The molecule has 2 fully saturated rings. The number of hydrogen-bond acceptors (Lipinski definition) is 4. The number of fused-ring (bicyclic) bond motifs is 1. The minimum absolute atomic E-state index is 0.0452. The van der Waals surface area contributed by atoms with E-state index in [9.17, 15) is 4.79 Å². The molecule has 0 aromatic heterocycles. The maximum Gasteiger partial charge on any atom is 0.316 e. The van der Waals surface area contributed by atoms with Crippen molar-refractivity contribution in [3.8, 4) is 0 Å². The fraction of sp³-hybridized carbons (Fsp3) is 0.800. The molecule has 3 aliphatic rings. The summed E-state index contributed by atoms with van der Waals surface area (Å²) < 4.78 is 5.68. The van der Waals surface area contributed by atoms with Crippen LogP contribution in [0.1, 0.15) is 45.4 Å². The van der Waals surface area contributed by atoms with Crippen LogP contribution in [0.15, 0.2) is 11.6 Å². The molecule has 0 N–H and O–H groups in total. The van der Waals surface area contributed by atoms with Crippen LogP contribution in [0.4, 0.5) is 0 Å². The quantitative estimate of drug-likeness (QED) is 0.568. The Labute approximate surface area is 124 Å². The van der Waals surface area contributed by atoms with Crippen molar-refractivity contribution in [2.24, 2.45) is 5.41 Å². The van der Waals surface area contributed by atoms with Crippen molar-refractivity contribution in [2.45, 2.75) is 49.5 Å². The maximum absolute atomic E-state index is 12.5. The van der Waals surface area contributed by atoms with E-state index < -0.39 is 0 Å². The second-order valence-electron chi connectivity index (χ2n) is 5.69. The number of ether oxygens (including phenoxy) is 1. The smallest absolute Gasteiger partial charge is 0.316 e. The highest BCUT2D eigenvalue weighted by molar-refractivity contribution is 8.21. The topological polar surface area (TPSA) is 26.3 Å². The van der Waals surface area contributed by atoms with Gasteiger partial charge in [-0.05, 0) is 39.0 Å². The van der Waals surface area contributed by atoms with Crippen LogP contribution in [0.2, 0.25) is 0 Å². The van der Waals surface area contributed by atoms with Gasteiger partial charge in [-0.25, -0.2) is 0 Å². The molecule has 0 amide bonds. The highest BCUT2D eigenvalue weighted by Gasteiger charge is 2.51. The van der Waals surface area contributed by atoms with E-state index in [0.717, 1.165) is 25.7 Å². The lowest BCUT2D eigenvalue weighted by Gasteiger charge is -2.44. The van der Waals surface area contributed by atoms with E-state index in [0.29, 0.717) is 6.61 Å². The molecular formula is C15H22O2S2. The number of carbonyl (C=O) groups is 1. The van der Waals surface area contributed by atoms with Crippen molar-refractivity contribution in [1.29, 1.82) is 0 Å². The number of carbonyl (C=O) groups excluding carboxylic acids is 1. The summed E-state index contributed by atoms with van der Waals surface area (Å²) in [5.74, 6) is 2.55. The van der Waals surface area contributed by atoms with Crippen LogP contribution in [0, 0.1) is 5.41 Å². The molecule has 0 bridgehead atoms. The van der Waals surface area contributed by atoms with E-state index in [1.54, 1.807) is 0 Å². The largest absolute Gasteiger partial charge is 0.465 e. The fourth-order valence-corrected chi connectivity index (χ4v) is 6.80. The molecular weight excluding hydrogens is 276 g/mol. The Morgan fingerprint density at radius 2 is 2.05 bits per heavy atom. The van der Waals surface area contributed by atoms with Gasteiger partial charge in [-0.3, -0.25) is 4.79 Å². The molecule has 2 nitrogen and oxygen atoms in total. The summed E-state index contributed by atoms with van der Waals surface area (Å²) in [7, 11) is 0. The van der Waals surface area contributed by atoms with E-state index in [2.05, 4.69) is 29.6 Å². The van der Waals surface area contributed by atoms with Gasteiger partial charge in [0.05, 0.1) is 16.1 Å². The Morgan fingerprint density at radius 1 is 1.26 bits per heavy atom. The van der Waals surface area contributed by atoms with E-state index in [1.165, 1.54) is 29.9 Å². The first-order valence-corrected chi connectivity index (χ1v) is 9.35. The molecule has 1 aliphatic heterocycles. The van der Waals surface area contributed by atoms with Gasteiger partial charge in [0.2, 0.25) is 0 Å². The zero-order chi connectivity index (χ0) is 13.3. The maximum atomic E-state index is 12.5. The molecule has 2 aliphatic carbocycles. The van der Waals surface area contributed by atoms with E-state index in [1.807, 2.05) is 6.92 Å². The summed E-state index contributed by atoms with van der Waals surface area (Å²) in [6.45, 7) is 2.41. The number of rotatable bonds is 2. The third kappa shape index (κ3) is 2.35. The summed E-state index contributed by atoms with van der Waals surface area (Å²) in [6, 6.07) is 0. The highest BCUT2D eigenvalue weighted by Crippen LogP contribution is 2.58. The number of hydrogen-bond donors (Lipinski definition) is 0. The Morgan fingerprint density at radius 3 is 2.79 bits per heavy atom. The third-order valence-corrected chi connectivity index (χ3v) is 8.05. The first-order chi connectivity index (χ1) is 9.21. The highest BCUT2D eigenvalue weighted by atomic mass is 32.2. The molecule has 0 aromatic rings. The standard InChI is InChI=1S/C15H22O2S2/c1-2-17-13(16)14-6-4-3-5-12(14)11-15(8-7-14)18-9-10-19-15/h11H,2-10H2,1H3. The average Bonchev–Trinajstić information content (AvgIpc) is 2.87. The summed E-state index contributed by atoms with van der Waals surface area (Å²) in [5.41, 5.74) is 1.13. The van der Waals surface area contributed by atoms with Crippen LogP contribution < -0.4 is 0 Å². The van der Waals surface area contributed by atoms with Crippen molar-refractivity contribution in [3.63, 3.8) is 0 Å². The van der Waals surface area contributed by atoms with Crippen molar-refractivity contribution >= 4 is 29.5 Å². The van der Waals surface area contributed by atoms with Crippen LogP contribution in [0.3, 0.4) is 0 Å². The predicted molar refractivity (Wildman–Crippen MR) is 82.5 cm³/mol. The Bertz CT molecular complexity index is 399. The van der Waals surface area contributed by atoms with E-state index in [4.69, 9.17) is 4.74 Å². The monoisotopic (exact) mass is 298 g/mol. The fourth-order valence-electron chi connectivity index (χ4n) is 3.67. The van der Waals surface area contributed by atoms with Crippen molar-refractivity contribution in [1.82, 2.24) is 0 Å². The lowest BCUT2D eigenvalue weighted by Crippen LogP contribution is -2.42. The predicted octanol–water partition coefficient (Wildman–Crippen LogP) is 4.01. The minimum atomic E-state index is -0.261. The van der Waals surface area contributed by atoms with Gasteiger partial charge in [0.15, 0.2) is 0 Å². The zero-order valence-electron chi connectivity index (χ0n) is 11.6. The summed E-state index contributed by atoms with van der Waals surface area (Å²) in [5, 5.41) is 0. The van der Waals surface area contributed by atoms with Crippen molar-refractivity contribution in [2.75, 3.05) is 18.1 Å². The summed E-state index contributed by atoms with van der Waals surface area (Å²) in [6.07, 6.45) is 9.09. The van der Waals surface area contributed by atoms with Crippen LogP contribution >= 0.6 is 23.5 Å². The lowest BCUT2D eigenvalue weighted by atomic mass is 9.64. The number of esters is 1. The Balaban J connectivity index is 1.92. The molecule has 19 heavy (non-hydrogen) atoms. The lowest BCUT2D eigenvalue weighted by molar-refractivity contribution is -0.155. The zero-order valence-corrected chi connectivity index (χ0v) is 13.2. The Kier molecular flexibility index (Phi) is 3.91. The van der Waals surface area contributed by atoms with Crippen molar-refractivity contribution in [3.05, 3.63) is 11.6 Å². The van der Waals surface area contributed by atoms with E-state index in [-0.39, 0.29) is 15.5 Å². The van der Waals surface area contributed by atoms with Gasteiger partial charge in [-0.1, -0.05) is 18.1 Å².